The van der Waals surface area contributed by atoms with Crippen molar-refractivity contribution in [1.29, 1.82) is 0 Å². The lowest BCUT2D eigenvalue weighted by Crippen LogP contribution is -2.37. The third kappa shape index (κ3) is 33.9. The first kappa shape index (κ1) is 46.0. The van der Waals surface area contributed by atoms with Gasteiger partial charge in [0, 0.05) is 12.8 Å². The summed E-state index contributed by atoms with van der Waals surface area (Å²) in [6.07, 6.45) is 33.1. The molecule has 0 radical (unpaired) electrons. The summed E-state index contributed by atoms with van der Waals surface area (Å²) < 4.78 is 34.0. The van der Waals surface area contributed by atoms with Crippen LogP contribution in [0.25, 0.3) is 0 Å². The Morgan fingerprint density at radius 3 is 1.77 bits per heavy atom. The molecule has 0 aromatic rings. The topological polar surface area (TPSA) is 108 Å². The van der Waals surface area contributed by atoms with E-state index in [0.717, 1.165) is 57.8 Å². The lowest BCUT2D eigenvalue weighted by Gasteiger charge is -2.24. The molecule has 48 heavy (non-hydrogen) atoms. The van der Waals surface area contributed by atoms with Gasteiger partial charge in [0.25, 0.3) is 0 Å². The standard InChI is InChI=1S/C38H68NO8P/c1-6-8-10-12-14-16-17-18-19-20-21-23-25-27-29-31-38(41)47-36(35-46-48(42,43)45-33-32-39(3,4)5)34-44-37(40)30-28-26-24-22-15-13-11-9-7-2/h8,10,14,16,18-19,21,23,36H,6-7,9,11-13,15,17,20,22,24-35H2,1-5H3/p+1/b10-8-,16-14-,19-18-,23-21-/t36-/m1/s1. The van der Waals surface area contributed by atoms with Gasteiger partial charge in [0.2, 0.25) is 0 Å². The number of quaternary nitrogens is 1. The highest BCUT2D eigenvalue weighted by atomic mass is 31.2. The van der Waals surface area contributed by atoms with Crippen molar-refractivity contribution in [2.24, 2.45) is 0 Å². The van der Waals surface area contributed by atoms with Gasteiger partial charge in [-0.2, -0.15) is 0 Å². The molecule has 0 saturated carbocycles. The van der Waals surface area contributed by atoms with Crippen LogP contribution >= 0.6 is 7.82 Å². The van der Waals surface area contributed by atoms with Crippen molar-refractivity contribution < 1.29 is 42.1 Å². The Morgan fingerprint density at radius 2 is 1.19 bits per heavy atom. The first-order valence-corrected chi connectivity index (χ1v) is 19.9. The Balaban J connectivity index is 4.55. The van der Waals surface area contributed by atoms with E-state index >= 15 is 0 Å². The second kappa shape index (κ2) is 31.0. The van der Waals surface area contributed by atoms with Crippen LogP contribution in [0.5, 0.6) is 0 Å². The van der Waals surface area contributed by atoms with Crippen molar-refractivity contribution in [3.05, 3.63) is 48.6 Å². The van der Waals surface area contributed by atoms with Crippen molar-refractivity contribution in [1.82, 2.24) is 0 Å². The SMILES string of the molecule is CC/C=C\C/C=C\C/C=C\C/C=C\CCCCC(=O)O[C@H](COC(=O)CCCCCCCCCCC)COP(=O)(O)OCC[N+](C)(C)C. The third-order valence-corrected chi connectivity index (χ3v) is 8.36. The van der Waals surface area contributed by atoms with Crippen LogP contribution in [-0.4, -0.2) is 74.9 Å². The van der Waals surface area contributed by atoms with E-state index in [2.05, 4.69) is 62.5 Å². The average molecular weight is 699 g/mol. The van der Waals surface area contributed by atoms with Gasteiger partial charge in [0.15, 0.2) is 6.10 Å². The summed E-state index contributed by atoms with van der Waals surface area (Å²) >= 11 is 0. The molecular formula is C38H69NO8P+. The molecule has 1 unspecified atom stereocenters. The van der Waals surface area contributed by atoms with Gasteiger partial charge in [-0.25, -0.2) is 4.57 Å². The average Bonchev–Trinajstić information content (AvgIpc) is 3.02. The number of rotatable bonds is 32. The summed E-state index contributed by atoms with van der Waals surface area (Å²) in [4.78, 5) is 35.0. The molecule has 0 amide bonds. The van der Waals surface area contributed by atoms with Gasteiger partial charge in [-0.1, -0.05) is 114 Å². The Kier molecular flexibility index (Phi) is 29.7. The van der Waals surface area contributed by atoms with Gasteiger partial charge in [0.1, 0.15) is 19.8 Å². The maximum Gasteiger partial charge on any atom is 0.472 e. The molecule has 0 aromatic heterocycles. The van der Waals surface area contributed by atoms with Gasteiger partial charge >= 0.3 is 19.8 Å². The Bertz CT molecular complexity index is 970. The van der Waals surface area contributed by atoms with Crippen LogP contribution < -0.4 is 0 Å². The molecule has 0 aromatic carbocycles. The number of carbonyl (C=O) groups is 2. The molecule has 0 bridgehead atoms. The predicted molar refractivity (Wildman–Crippen MR) is 196 cm³/mol. The van der Waals surface area contributed by atoms with Crippen LogP contribution in [0.15, 0.2) is 48.6 Å². The third-order valence-electron chi connectivity index (χ3n) is 7.37. The van der Waals surface area contributed by atoms with Gasteiger partial charge in [0.05, 0.1) is 27.7 Å². The van der Waals surface area contributed by atoms with Crippen LogP contribution in [-0.2, 0) is 32.7 Å². The quantitative estimate of drug-likeness (QED) is 0.0243. The minimum atomic E-state index is -4.37. The molecule has 9 nitrogen and oxygen atoms in total. The summed E-state index contributed by atoms with van der Waals surface area (Å²) in [5.41, 5.74) is 0. The number of phosphoric ester groups is 1. The van der Waals surface area contributed by atoms with Crippen LogP contribution in [0.3, 0.4) is 0 Å². The first-order valence-electron chi connectivity index (χ1n) is 18.4. The van der Waals surface area contributed by atoms with Crippen LogP contribution in [0, 0.1) is 0 Å². The van der Waals surface area contributed by atoms with Crippen molar-refractivity contribution in [3.63, 3.8) is 0 Å². The molecule has 10 heteroatoms. The fourth-order valence-electron chi connectivity index (χ4n) is 4.47. The van der Waals surface area contributed by atoms with E-state index in [-0.39, 0.29) is 32.0 Å². The molecule has 0 saturated heterocycles. The first-order chi connectivity index (χ1) is 23.0. The van der Waals surface area contributed by atoms with E-state index in [1.54, 1.807) is 0 Å². The molecular weight excluding hydrogens is 629 g/mol. The van der Waals surface area contributed by atoms with Crippen LogP contribution in [0.2, 0.25) is 0 Å². The zero-order chi connectivity index (χ0) is 35.8. The lowest BCUT2D eigenvalue weighted by atomic mass is 10.1. The van der Waals surface area contributed by atoms with E-state index in [1.807, 2.05) is 21.1 Å². The zero-order valence-electron chi connectivity index (χ0n) is 31.0. The predicted octanol–water partition coefficient (Wildman–Crippen LogP) is 9.57. The fraction of sp³-hybridized carbons (Fsp3) is 0.737. The fourth-order valence-corrected chi connectivity index (χ4v) is 5.21. The van der Waals surface area contributed by atoms with E-state index in [1.165, 1.54) is 38.5 Å². The van der Waals surface area contributed by atoms with Gasteiger partial charge in [-0.3, -0.25) is 18.6 Å². The van der Waals surface area contributed by atoms with Gasteiger partial charge < -0.3 is 18.9 Å². The van der Waals surface area contributed by atoms with Crippen molar-refractivity contribution in [2.75, 3.05) is 47.5 Å². The zero-order valence-corrected chi connectivity index (χ0v) is 31.8. The van der Waals surface area contributed by atoms with E-state index in [9.17, 15) is 19.0 Å². The molecule has 0 heterocycles. The normalized spacial score (nSPS) is 14.4. The maximum atomic E-state index is 12.6. The molecule has 278 valence electrons. The summed E-state index contributed by atoms with van der Waals surface area (Å²) in [7, 11) is 1.44. The summed E-state index contributed by atoms with van der Waals surface area (Å²) in [5, 5.41) is 0. The Morgan fingerprint density at radius 1 is 0.667 bits per heavy atom. The number of phosphoric acid groups is 1. The highest BCUT2D eigenvalue weighted by molar-refractivity contribution is 7.47. The number of carbonyl (C=O) groups excluding carboxylic acids is 2. The molecule has 0 aliphatic heterocycles. The Labute approximate surface area is 293 Å². The highest BCUT2D eigenvalue weighted by Crippen LogP contribution is 2.43. The van der Waals surface area contributed by atoms with Crippen LogP contribution in [0.4, 0.5) is 0 Å². The Hall–Kier alpha value is -2.03. The number of hydrogen-bond acceptors (Lipinski definition) is 7. The molecule has 0 aliphatic rings. The van der Waals surface area contributed by atoms with Crippen molar-refractivity contribution in [3.8, 4) is 0 Å². The largest absolute Gasteiger partial charge is 0.472 e. The molecule has 0 spiro atoms. The lowest BCUT2D eigenvalue weighted by molar-refractivity contribution is -0.870. The number of unbranched alkanes of at least 4 members (excludes halogenated alkanes) is 10. The highest BCUT2D eigenvalue weighted by Gasteiger charge is 2.27. The number of ether oxygens (including phenoxy) is 2. The number of likely N-dealkylation sites (N-methyl/N-ethyl adjacent to an activating group) is 1. The summed E-state index contributed by atoms with van der Waals surface area (Å²) in [6.45, 7) is 4.20. The maximum absolute atomic E-state index is 12.6. The molecule has 0 fully saturated rings. The minimum absolute atomic E-state index is 0.0226. The van der Waals surface area contributed by atoms with E-state index in [0.29, 0.717) is 17.4 Å². The second-order valence-electron chi connectivity index (χ2n) is 13.2. The second-order valence-corrected chi connectivity index (χ2v) is 14.7. The molecule has 2 atom stereocenters. The summed E-state index contributed by atoms with van der Waals surface area (Å²) in [5.74, 6) is -0.856. The number of allylic oxidation sites excluding steroid dienone is 8. The molecule has 1 N–H and O–H groups in total. The van der Waals surface area contributed by atoms with Gasteiger partial charge in [-0.05, 0) is 51.4 Å². The summed E-state index contributed by atoms with van der Waals surface area (Å²) in [6, 6.07) is 0. The smallest absolute Gasteiger partial charge is 0.462 e. The van der Waals surface area contributed by atoms with E-state index < -0.39 is 26.5 Å². The molecule has 0 rings (SSSR count). The van der Waals surface area contributed by atoms with E-state index in [4.69, 9.17) is 18.5 Å². The monoisotopic (exact) mass is 698 g/mol. The molecule has 0 aliphatic carbocycles. The van der Waals surface area contributed by atoms with Crippen molar-refractivity contribution in [2.45, 2.75) is 136 Å². The van der Waals surface area contributed by atoms with Crippen molar-refractivity contribution >= 4 is 19.8 Å². The number of nitrogens with zero attached hydrogens (tertiary/aromatic N) is 1. The number of esters is 2. The van der Waals surface area contributed by atoms with Gasteiger partial charge in [-0.15, -0.1) is 0 Å². The van der Waals surface area contributed by atoms with Crippen LogP contribution in [0.1, 0.15) is 129 Å². The number of hydrogen-bond donors (Lipinski definition) is 1. The minimum Gasteiger partial charge on any atom is -0.462 e.